The minimum absolute atomic E-state index is 0.382. The van der Waals surface area contributed by atoms with Crippen LogP contribution in [0.1, 0.15) is 62.8 Å². The van der Waals surface area contributed by atoms with Crippen LogP contribution < -0.4 is 0 Å². The van der Waals surface area contributed by atoms with E-state index in [0.29, 0.717) is 11.8 Å². The fourth-order valence-electron chi connectivity index (χ4n) is 4.82. The summed E-state index contributed by atoms with van der Waals surface area (Å²) in [6, 6.07) is 6.41. The van der Waals surface area contributed by atoms with Crippen LogP contribution in [0.5, 0.6) is 0 Å². The molecule has 0 unspecified atom stereocenters. The van der Waals surface area contributed by atoms with Crippen LogP contribution in [0, 0.1) is 40.7 Å². The fourth-order valence-corrected chi connectivity index (χ4v) is 4.82. The van der Waals surface area contributed by atoms with Gasteiger partial charge in [-0.1, -0.05) is 24.3 Å². The molecule has 0 aliphatic heterocycles. The normalized spacial score (nSPS) is 29.9. The monoisotopic (exact) mass is 355 g/mol. The van der Waals surface area contributed by atoms with Crippen LogP contribution in [-0.4, -0.2) is 0 Å². The predicted octanol–water partition coefficient (Wildman–Crippen LogP) is 6.68. The van der Waals surface area contributed by atoms with Crippen molar-refractivity contribution < 1.29 is 8.78 Å². The van der Waals surface area contributed by atoms with E-state index in [1.54, 1.807) is 6.07 Å². The first-order chi connectivity index (χ1) is 12.7. The summed E-state index contributed by atoms with van der Waals surface area (Å²) in [6.07, 6.45) is 17.2. The molecule has 1 nitrogen and oxygen atoms in total. The molecule has 0 atom stereocenters. The van der Waals surface area contributed by atoms with Crippen LogP contribution in [0.15, 0.2) is 42.5 Å². The summed E-state index contributed by atoms with van der Waals surface area (Å²) in [4.78, 5) is 0. The Morgan fingerprint density at radius 2 is 1.50 bits per heavy atom. The molecule has 0 spiro atoms. The summed E-state index contributed by atoms with van der Waals surface area (Å²) >= 11 is 0. The van der Waals surface area contributed by atoms with Crippen molar-refractivity contribution in [3.05, 3.63) is 59.7 Å². The molecule has 26 heavy (non-hydrogen) atoms. The zero-order valence-corrected chi connectivity index (χ0v) is 15.2. The Labute approximate surface area is 155 Å². The van der Waals surface area contributed by atoms with Gasteiger partial charge in [0.25, 0.3) is 0 Å². The number of rotatable bonds is 4. The molecule has 2 saturated carbocycles. The van der Waals surface area contributed by atoms with Gasteiger partial charge in [0.05, 0.1) is 6.07 Å². The number of hydrogen-bond donors (Lipinski definition) is 0. The Morgan fingerprint density at radius 1 is 0.846 bits per heavy atom. The van der Waals surface area contributed by atoms with Gasteiger partial charge >= 0.3 is 0 Å². The molecular formula is C23H27F2N. The molecule has 0 radical (unpaired) electrons. The van der Waals surface area contributed by atoms with Crippen LogP contribution in [0.2, 0.25) is 0 Å². The maximum atomic E-state index is 13.5. The average Bonchev–Trinajstić information content (AvgIpc) is 2.68. The van der Waals surface area contributed by atoms with E-state index < -0.39 is 11.6 Å². The number of allylic oxidation sites excluding steroid dienone is 4. The molecule has 3 rings (SSSR count). The Morgan fingerprint density at radius 3 is 2.12 bits per heavy atom. The van der Waals surface area contributed by atoms with Gasteiger partial charge in [0.2, 0.25) is 0 Å². The van der Waals surface area contributed by atoms with Crippen LogP contribution in [0.3, 0.4) is 0 Å². The molecule has 1 aromatic carbocycles. The molecule has 1 aromatic rings. The van der Waals surface area contributed by atoms with Gasteiger partial charge in [-0.25, -0.2) is 8.78 Å². The number of benzene rings is 1. The van der Waals surface area contributed by atoms with Crippen molar-refractivity contribution in [1.82, 2.24) is 0 Å². The lowest BCUT2D eigenvalue weighted by Gasteiger charge is -2.37. The van der Waals surface area contributed by atoms with Crippen molar-refractivity contribution >= 4 is 0 Å². The van der Waals surface area contributed by atoms with Crippen molar-refractivity contribution in [2.75, 3.05) is 0 Å². The third-order valence-electron chi connectivity index (χ3n) is 6.34. The van der Waals surface area contributed by atoms with Crippen molar-refractivity contribution in [3.63, 3.8) is 0 Å². The lowest BCUT2D eigenvalue weighted by Crippen LogP contribution is -2.25. The van der Waals surface area contributed by atoms with Crippen LogP contribution in [0.25, 0.3) is 0 Å². The first kappa shape index (κ1) is 18.8. The summed E-state index contributed by atoms with van der Waals surface area (Å²) in [5.41, 5.74) is 0.960. The van der Waals surface area contributed by atoms with Gasteiger partial charge in [0, 0.05) is 6.08 Å². The van der Waals surface area contributed by atoms with Crippen LogP contribution >= 0.6 is 0 Å². The molecule has 2 aliphatic carbocycles. The van der Waals surface area contributed by atoms with E-state index in [0.717, 1.165) is 30.2 Å². The van der Waals surface area contributed by atoms with Crippen LogP contribution in [-0.2, 0) is 0 Å². The van der Waals surface area contributed by atoms with Gasteiger partial charge < -0.3 is 0 Å². The Hall–Kier alpha value is -1.95. The van der Waals surface area contributed by atoms with E-state index in [4.69, 9.17) is 5.26 Å². The van der Waals surface area contributed by atoms with Crippen molar-refractivity contribution in [1.29, 1.82) is 5.26 Å². The molecule has 2 aliphatic rings. The third-order valence-corrected chi connectivity index (χ3v) is 6.34. The SMILES string of the molecule is N#C/C=C/C=C/C1CCC([C@H]2CC[C@H](c3ccc(F)c(F)c3)CC2)CC1. The maximum Gasteiger partial charge on any atom is 0.159 e. The molecule has 0 N–H and O–H groups in total. The standard InChI is InChI=1S/C23H27F2N/c24-22-14-13-21(16-23(22)25)20-11-9-19(10-12-20)18-7-5-17(6-8-18)4-2-1-3-15-26/h1-4,13-14,16-20H,5-12H2/b3-1+,4-2+/t17?,18?,19-,20-. The van der Waals surface area contributed by atoms with Crippen molar-refractivity contribution in [2.24, 2.45) is 17.8 Å². The van der Waals surface area contributed by atoms with Crippen molar-refractivity contribution in [3.8, 4) is 6.07 Å². The zero-order valence-electron chi connectivity index (χ0n) is 15.2. The van der Waals surface area contributed by atoms with E-state index in [-0.39, 0.29) is 0 Å². The zero-order chi connectivity index (χ0) is 18.4. The number of hydrogen-bond acceptors (Lipinski definition) is 1. The maximum absolute atomic E-state index is 13.5. The van der Waals surface area contributed by atoms with E-state index in [2.05, 4.69) is 6.08 Å². The lowest BCUT2D eigenvalue weighted by molar-refractivity contribution is 0.171. The second-order valence-electron chi connectivity index (χ2n) is 7.83. The summed E-state index contributed by atoms with van der Waals surface area (Å²) in [5, 5.41) is 8.49. The Balaban J connectivity index is 1.46. The number of nitrogens with zero attached hydrogens (tertiary/aromatic N) is 1. The molecule has 0 amide bonds. The molecule has 2 fully saturated rings. The first-order valence-corrected chi connectivity index (χ1v) is 9.85. The van der Waals surface area contributed by atoms with E-state index >= 15 is 0 Å². The second kappa shape index (κ2) is 9.12. The molecule has 3 heteroatoms. The largest absolute Gasteiger partial charge is 0.204 e. The minimum Gasteiger partial charge on any atom is -0.204 e. The molecular weight excluding hydrogens is 328 g/mol. The minimum atomic E-state index is -0.753. The molecule has 0 aromatic heterocycles. The summed E-state index contributed by atoms with van der Waals surface area (Å²) < 4.78 is 26.6. The molecule has 0 saturated heterocycles. The van der Waals surface area contributed by atoms with Crippen LogP contribution in [0.4, 0.5) is 8.78 Å². The highest BCUT2D eigenvalue weighted by molar-refractivity contribution is 5.22. The second-order valence-corrected chi connectivity index (χ2v) is 7.83. The topological polar surface area (TPSA) is 23.8 Å². The van der Waals surface area contributed by atoms with Gasteiger partial charge in [-0.15, -0.1) is 0 Å². The predicted molar refractivity (Wildman–Crippen MR) is 100 cm³/mol. The van der Waals surface area contributed by atoms with Gasteiger partial charge in [-0.3, -0.25) is 0 Å². The summed E-state index contributed by atoms with van der Waals surface area (Å²) in [5.74, 6) is 1.16. The molecule has 0 bridgehead atoms. The summed E-state index contributed by atoms with van der Waals surface area (Å²) in [7, 11) is 0. The lowest BCUT2D eigenvalue weighted by atomic mass is 9.68. The Kier molecular flexibility index (Phi) is 6.61. The Bertz CT molecular complexity index is 685. The fraction of sp³-hybridized carbons (Fsp3) is 0.522. The summed E-state index contributed by atoms with van der Waals surface area (Å²) in [6.45, 7) is 0. The smallest absolute Gasteiger partial charge is 0.159 e. The van der Waals surface area contributed by atoms with Gasteiger partial charge in [0.15, 0.2) is 11.6 Å². The van der Waals surface area contributed by atoms with Crippen molar-refractivity contribution in [2.45, 2.75) is 57.3 Å². The van der Waals surface area contributed by atoms with E-state index in [1.165, 1.54) is 56.7 Å². The first-order valence-electron chi connectivity index (χ1n) is 9.85. The van der Waals surface area contributed by atoms with Gasteiger partial charge in [0.1, 0.15) is 0 Å². The highest BCUT2D eigenvalue weighted by Gasteiger charge is 2.30. The number of nitriles is 1. The molecule has 138 valence electrons. The highest BCUT2D eigenvalue weighted by atomic mass is 19.2. The van der Waals surface area contributed by atoms with E-state index in [1.807, 2.05) is 18.2 Å². The van der Waals surface area contributed by atoms with E-state index in [9.17, 15) is 8.78 Å². The average molecular weight is 355 g/mol. The third kappa shape index (κ3) is 4.81. The molecule has 0 heterocycles. The quantitative estimate of drug-likeness (QED) is 0.436. The highest BCUT2D eigenvalue weighted by Crippen LogP contribution is 2.44. The van der Waals surface area contributed by atoms with Gasteiger partial charge in [-0.05, 0) is 92.7 Å². The number of halogens is 2. The van der Waals surface area contributed by atoms with Gasteiger partial charge in [-0.2, -0.15) is 5.26 Å².